The fraction of sp³-hybridized carbons (Fsp3) is 0.487. The molecule has 5 aliphatic rings. The number of aliphatic imine (C=N–C) groups is 1. The monoisotopic (exact) mass is 647 g/mol. The first kappa shape index (κ1) is 30.9. The van der Waals surface area contributed by atoms with E-state index in [1.165, 1.54) is 5.57 Å². The Morgan fingerprint density at radius 3 is 1.77 bits per heavy atom. The molecule has 2 saturated carbocycles. The van der Waals surface area contributed by atoms with Crippen molar-refractivity contribution in [2.75, 3.05) is 0 Å². The number of aromatic amines is 1. The Morgan fingerprint density at radius 2 is 1.21 bits per heavy atom. The zero-order valence-corrected chi connectivity index (χ0v) is 28.7. The number of amides is 2. The highest BCUT2D eigenvalue weighted by molar-refractivity contribution is 6.03. The molecular formula is C39H45N5O4. The molecule has 8 rings (SSSR count). The smallest absolute Gasteiger partial charge is 0.411 e. The number of piperidine rings is 2. The summed E-state index contributed by atoms with van der Waals surface area (Å²) in [7, 11) is 0. The van der Waals surface area contributed by atoms with Gasteiger partial charge in [-0.25, -0.2) is 14.6 Å². The van der Waals surface area contributed by atoms with Gasteiger partial charge in [0, 0.05) is 30.4 Å². The standard InChI is InChI=1S/C39H45N5O4/c1-38(2,3)47-36(45)43-31-16-26(31)18-33(43)29-15-28(20-40-29)24-9-7-22(8-10-24)23-11-13-25(14-12-23)30-21-41-35(42-30)34-19-27-17-32(27)44(34)37(46)48-39(4,5)6/h7-14,20-21,26-27,31-34H,15-19H2,1-6H3,(H,41,42)/t26-,27-,31-,32-,33+,34+/m1/s1. The molecule has 2 aromatic carbocycles. The van der Waals surface area contributed by atoms with Crippen LogP contribution in [0.25, 0.3) is 28.0 Å². The number of carbonyl (C=O) groups is 2. The van der Waals surface area contributed by atoms with Crippen LogP contribution in [0.1, 0.15) is 91.1 Å². The lowest BCUT2D eigenvalue weighted by atomic mass is 9.95. The number of allylic oxidation sites excluding steroid dienone is 1. The molecule has 250 valence electrons. The summed E-state index contributed by atoms with van der Waals surface area (Å²) in [5.74, 6) is 1.93. The second-order valence-electron chi connectivity index (χ2n) is 16.2. The van der Waals surface area contributed by atoms with E-state index < -0.39 is 11.2 Å². The van der Waals surface area contributed by atoms with Gasteiger partial charge in [0.05, 0.1) is 24.0 Å². The molecule has 48 heavy (non-hydrogen) atoms. The van der Waals surface area contributed by atoms with Gasteiger partial charge in [-0.2, -0.15) is 0 Å². The first-order chi connectivity index (χ1) is 22.8. The topological polar surface area (TPSA) is 100 Å². The fourth-order valence-electron chi connectivity index (χ4n) is 7.81. The van der Waals surface area contributed by atoms with Crippen molar-refractivity contribution in [3.8, 4) is 22.4 Å². The van der Waals surface area contributed by atoms with Gasteiger partial charge in [-0.15, -0.1) is 0 Å². The first-order valence-electron chi connectivity index (χ1n) is 17.4. The van der Waals surface area contributed by atoms with E-state index in [1.807, 2.05) is 63.7 Å². The van der Waals surface area contributed by atoms with Crippen LogP contribution in [0.2, 0.25) is 0 Å². The zero-order chi connectivity index (χ0) is 33.5. The van der Waals surface area contributed by atoms with Crippen LogP contribution in [-0.2, 0) is 9.47 Å². The maximum Gasteiger partial charge on any atom is 0.411 e. The van der Waals surface area contributed by atoms with Gasteiger partial charge in [0.15, 0.2) is 0 Å². The molecule has 6 atom stereocenters. The van der Waals surface area contributed by atoms with Gasteiger partial charge in [0.1, 0.15) is 17.0 Å². The first-order valence-corrected chi connectivity index (χ1v) is 17.4. The summed E-state index contributed by atoms with van der Waals surface area (Å²) in [4.78, 5) is 42.9. The number of carbonyl (C=O) groups excluding carboxylic acids is 2. The second kappa shape index (κ2) is 11.1. The van der Waals surface area contributed by atoms with E-state index in [0.717, 1.165) is 71.6 Å². The molecule has 0 radical (unpaired) electrons. The molecule has 2 aliphatic carbocycles. The SMILES string of the molecule is CC(C)(C)OC(=O)N1[C@@H]2C[C@@H]2C[C@H]1C1=NC=C(c2ccc(-c3ccc(-c4cnc([C@@H]5C[C@H]6C[C@H]6N5C(=O)OC(C)(C)C)[nH]4)cc3)cc2)C1. The highest BCUT2D eigenvalue weighted by Gasteiger charge is 2.57. The van der Waals surface area contributed by atoms with Crippen LogP contribution in [0.15, 0.2) is 65.9 Å². The molecule has 2 saturated heterocycles. The summed E-state index contributed by atoms with van der Waals surface area (Å²) in [5, 5.41) is 0. The average Bonchev–Trinajstić information content (AvgIpc) is 3.62. The Bertz CT molecular complexity index is 1810. The number of benzene rings is 2. The number of imidazole rings is 1. The Balaban J connectivity index is 0.905. The van der Waals surface area contributed by atoms with Crippen LogP contribution in [0.3, 0.4) is 0 Å². The number of nitrogens with zero attached hydrogens (tertiary/aromatic N) is 4. The molecule has 0 spiro atoms. The van der Waals surface area contributed by atoms with Crippen molar-refractivity contribution in [2.24, 2.45) is 16.8 Å². The van der Waals surface area contributed by atoms with Crippen LogP contribution in [0, 0.1) is 11.8 Å². The average molecular weight is 648 g/mol. The van der Waals surface area contributed by atoms with Crippen LogP contribution in [-0.4, -0.2) is 67.0 Å². The van der Waals surface area contributed by atoms with Crippen LogP contribution < -0.4 is 0 Å². The van der Waals surface area contributed by atoms with Crippen LogP contribution in [0.5, 0.6) is 0 Å². The van der Waals surface area contributed by atoms with Gasteiger partial charge in [-0.05, 0) is 107 Å². The van der Waals surface area contributed by atoms with E-state index in [9.17, 15) is 9.59 Å². The number of hydrogen-bond acceptors (Lipinski definition) is 6. The third-order valence-corrected chi connectivity index (χ3v) is 10.3. The third-order valence-electron chi connectivity index (χ3n) is 10.3. The van der Waals surface area contributed by atoms with Crippen LogP contribution in [0.4, 0.5) is 9.59 Å². The van der Waals surface area contributed by atoms with E-state index in [4.69, 9.17) is 19.5 Å². The molecule has 3 aliphatic heterocycles. The maximum atomic E-state index is 13.0. The quantitative estimate of drug-likeness (QED) is 0.300. The lowest BCUT2D eigenvalue weighted by Gasteiger charge is -2.30. The molecule has 0 bridgehead atoms. The van der Waals surface area contributed by atoms with E-state index >= 15 is 0 Å². The molecule has 2 amide bonds. The molecule has 4 fully saturated rings. The highest BCUT2D eigenvalue weighted by atomic mass is 16.6. The van der Waals surface area contributed by atoms with Crippen molar-refractivity contribution in [3.05, 3.63) is 72.3 Å². The summed E-state index contributed by atoms with van der Waals surface area (Å²) in [6.07, 6.45) is 8.14. The van der Waals surface area contributed by atoms with E-state index in [1.54, 1.807) is 0 Å². The zero-order valence-electron chi connectivity index (χ0n) is 28.7. The predicted molar refractivity (Wildman–Crippen MR) is 185 cm³/mol. The number of nitrogens with one attached hydrogen (secondary N) is 1. The number of hydrogen-bond donors (Lipinski definition) is 1. The number of aromatic nitrogens is 2. The van der Waals surface area contributed by atoms with E-state index in [-0.39, 0.29) is 30.3 Å². The number of rotatable bonds is 5. The minimum atomic E-state index is -0.529. The summed E-state index contributed by atoms with van der Waals surface area (Å²) in [6, 6.07) is 17.6. The largest absolute Gasteiger partial charge is 0.444 e. The van der Waals surface area contributed by atoms with Gasteiger partial charge in [-0.1, -0.05) is 48.5 Å². The number of ether oxygens (including phenoxy) is 2. The van der Waals surface area contributed by atoms with Gasteiger partial charge >= 0.3 is 12.2 Å². The Kier molecular flexibility index (Phi) is 7.13. The molecule has 4 heterocycles. The normalized spacial score (nSPS) is 27.3. The molecular weight excluding hydrogens is 602 g/mol. The van der Waals surface area contributed by atoms with Crippen LogP contribution >= 0.6 is 0 Å². The predicted octanol–water partition coefficient (Wildman–Crippen LogP) is 8.40. The number of fused-ring (bicyclic) bond motifs is 2. The van der Waals surface area contributed by atoms with E-state index in [0.29, 0.717) is 17.9 Å². The van der Waals surface area contributed by atoms with Gasteiger partial charge in [0.2, 0.25) is 0 Å². The molecule has 9 nitrogen and oxygen atoms in total. The Hall–Kier alpha value is -4.40. The molecule has 1 aromatic heterocycles. The van der Waals surface area contributed by atoms with Crippen molar-refractivity contribution in [1.29, 1.82) is 0 Å². The molecule has 3 aromatic rings. The number of H-pyrrole nitrogens is 1. The van der Waals surface area contributed by atoms with Gasteiger partial charge < -0.3 is 14.5 Å². The lowest BCUT2D eigenvalue weighted by molar-refractivity contribution is 0.0173. The summed E-state index contributed by atoms with van der Waals surface area (Å²) in [6.45, 7) is 11.5. The third kappa shape index (κ3) is 5.92. The summed E-state index contributed by atoms with van der Waals surface area (Å²) in [5.41, 5.74) is 6.60. The highest BCUT2D eigenvalue weighted by Crippen LogP contribution is 2.53. The van der Waals surface area contributed by atoms with Crippen molar-refractivity contribution in [1.82, 2.24) is 19.8 Å². The Morgan fingerprint density at radius 1 is 0.708 bits per heavy atom. The van der Waals surface area contributed by atoms with Gasteiger partial charge in [0.25, 0.3) is 0 Å². The van der Waals surface area contributed by atoms with Crippen molar-refractivity contribution >= 4 is 23.5 Å². The van der Waals surface area contributed by atoms with Crippen molar-refractivity contribution < 1.29 is 19.1 Å². The Labute approximate surface area is 282 Å². The second-order valence-corrected chi connectivity index (χ2v) is 16.2. The minimum absolute atomic E-state index is 0.0220. The van der Waals surface area contributed by atoms with Crippen molar-refractivity contribution in [3.63, 3.8) is 0 Å². The summed E-state index contributed by atoms with van der Waals surface area (Å²) >= 11 is 0. The van der Waals surface area contributed by atoms with E-state index in [2.05, 4.69) is 53.5 Å². The number of likely N-dealkylation sites (tertiary alicyclic amines) is 2. The molecule has 1 N–H and O–H groups in total. The lowest BCUT2D eigenvalue weighted by Crippen LogP contribution is -2.45. The maximum absolute atomic E-state index is 13.0. The molecule has 0 unspecified atom stereocenters. The van der Waals surface area contributed by atoms with Gasteiger partial charge in [-0.3, -0.25) is 14.8 Å². The fourth-order valence-corrected chi connectivity index (χ4v) is 7.81. The van der Waals surface area contributed by atoms with Crippen molar-refractivity contribution in [2.45, 2.75) is 109 Å². The minimum Gasteiger partial charge on any atom is -0.444 e. The summed E-state index contributed by atoms with van der Waals surface area (Å²) < 4.78 is 11.5. The molecule has 9 heteroatoms.